The molecule has 0 amide bonds. The Morgan fingerprint density at radius 2 is 1.78 bits per heavy atom. The van der Waals surface area contributed by atoms with Crippen molar-refractivity contribution in [1.29, 1.82) is 0 Å². The first-order valence-corrected chi connectivity index (χ1v) is 5.80. The van der Waals surface area contributed by atoms with Crippen LogP contribution in [0.2, 0.25) is 0 Å². The second-order valence-electron chi connectivity index (χ2n) is 4.08. The van der Waals surface area contributed by atoms with Gasteiger partial charge in [0.15, 0.2) is 0 Å². The summed E-state index contributed by atoms with van der Waals surface area (Å²) in [6.45, 7) is 4.14. The quantitative estimate of drug-likeness (QED) is 0.771. The number of carboxylic acid groups (broad SMARTS) is 1. The third kappa shape index (κ3) is 3.63. The fourth-order valence-electron chi connectivity index (χ4n) is 1.27. The molecule has 0 saturated carbocycles. The van der Waals surface area contributed by atoms with Crippen LogP contribution in [0.1, 0.15) is 13.8 Å². The summed E-state index contributed by atoms with van der Waals surface area (Å²) < 4.78 is 10.8. The van der Waals surface area contributed by atoms with E-state index in [1.165, 1.54) is 0 Å². The van der Waals surface area contributed by atoms with E-state index in [4.69, 9.17) is 14.6 Å². The number of rotatable bonds is 7. The van der Waals surface area contributed by atoms with Gasteiger partial charge in [-0.25, -0.2) is 0 Å². The zero-order valence-electron chi connectivity index (χ0n) is 10.9. The number of benzene rings is 1. The third-order valence-electron chi connectivity index (χ3n) is 2.69. The predicted molar refractivity (Wildman–Crippen MR) is 68.2 cm³/mol. The van der Waals surface area contributed by atoms with Gasteiger partial charge in [-0.15, -0.1) is 0 Å². The summed E-state index contributed by atoms with van der Waals surface area (Å²) in [4.78, 5) is 11.1. The smallest absolute Gasteiger partial charge is 0.327 e. The first-order chi connectivity index (χ1) is 8.51. The van der Waals surface area contributed by atoms with Crippen LogP contribution in [0.25, 0.3) is 0 Å². The van der Waals surface area contributed by atoms with Crippen LogP contribution in [0.3, 0.4) is 0 Å². The highest BCUT2D eigenvalue weighted by molar-refractivity contribution is 5.78. The van der Waals surface area contributed by atoms with E-state index < -0.39 is 11.5 Å². The highest BCUT2D eigenvalue weighted by Gasteiger charge is 2.32. The van der Waals surface area contributed by atoms with Gasteiger partial charge in [-0.05, 0) is 45.2 Å². The van der Waals surface area contributed by atoms with E-state index in [2.05, 4.69) is 5.32 Å². The van der Waals surface area contributed by atoms with Crippen LogP contribution in [-0.4, -0.2) is 36.9 Å². The lowest BCUT2D eigenvalue weighted by Crippen LogP contribution is -2.52. The van der Waals surface area contributed by atoms with Gasteiger partial charge in [-0.3, -0.25) is 4.79 Å². The Labute approximate surface area is 107 Å². The maximum absolute atomic E-state index is 11.1. The van der Waals surface area contributed by atoms with Gasteiger partial charge in [0.1, 0.15) is 23.6 Å². The molecule has 1 aromatic carbocycles. The van der Waals surface area contributed by atoms with Crippen molar-refractivity contribution in [3.8, 4) is 11.5 Å². The number of carboxylic acids is 1. The summed E-state index contributed by atoms with van der Waals surface area (Å²) in [5.41, 5.74) is -1.10. The maximum atomic E-state index is 11.1. The third-order valence-corrected chi connectivity index (χ3v) is 2.69. The summed E-state index contributed by atoms with van der Waals surface area (Å²) in [6.07, 6.45) is 0. The molecule has 0 radical (unpaired) electrons. The van der Waals surface area contributed by atoms with E-state index in [9.17, 15) is 4.79 Å². The predicted octanol–water partition coefficient (Wildman–Crippen LogP) is 1.53. The van der Waals surface area contributed by atoms with Gasteiger partial charge in [0.2, 0.25) is 0 Å². The fraction of sp³-hybridized carbons (Fsp3) is 0.462. The lowest BCUT2D eigenvalue weighted by Gasteiger charge is -2.24. The molecule has 1 atom stereocenters. The molecule has 0 spiro atoms. The number of aliphatic carboxylic acids is 1. The second kappa shape index (κ2) is 6.26. The van der Waals surface area contributed by atoms with Crippen LogP contribution >= 0.6 is 0 Å². The molecule has 1 rings (SSSR count). The Hall–Kier alpha value is -1.75. The number of hydrogen-bond donors (Lipinski definition) is 2. The Morgan fingerprint density at radius 1 is 1.28 bits per heavy atom. The van der Waals surface area contributed by atoms with Crippen LogP contribution < -0.4 is 14.8 Å². The van der Waals surface area contributed by atoms with Gasteiger partial charge in [0.05, 0.1) is 6.61 Å². The van der Waals surface area contributed by atoms with E-state index >= 15 is 0 Å². The Bertz CT molecular complexity index is 390. The SMILES string of the molecule is CCOc1ccc(OCC(C)(NC)C(=O)O)cc1. The second-order valence-corrected chi connectivity index (χ2v) is 4.08. The number of ether oxygens (including phenoxy) is 2. The summed E-state index contributed by atoms with van der Waals surface area (Å²) >= 11 is 0. The minimum atomic E-state index is -1.10. The zero-order chi connectivity index (χ0) is 13.6. The maximum Gasteiger partial charge on any atom is 0.327 e. The van der Waals surface area contributed by atoms with Gasteiger partial charge in [0, 0.05) is 0 Å². The van der Waals surface area contributed by atoms with Crippen LogP contribution in [-0.2, 0) is 4.79 Å². The molecule has 0 aliphatic heterocycles. The van der Waals surface area contributed by atoms with Gasteiger partial charge in [0.25, 0.3) is 0 Å². The van der Waals surface area contributed by atoms with E-state index in [1.54, 1.807) is 38.2 Å². The minimum absolute atomic E-state index is 0.0484. The van der Waals surface area contributed by atoms with Gasteiger partial charge >= 0.3 is 5.97 Å². The lowest BCUT2D eigenvalue weighted by atomic mass is 10.1. The van der Waals surface area contributed by atoms with Gasteiger partial charge in [-0.1, -0.05) is 0 Å². The molecule has 0 aromatic heterocycles. The van der Waals surface area contributed by atoms with Crippen molar-refractivity contribution in [2.45, 2.75) is 19.4 Å². The first-order valence-electron chi connectivity index (χ1n) is 5.80. The average Bonchev–Trinajstić information content (AvgIpc) is 2.37. The standard InChI is InChI=1S/C13H19NO4/c1-4-17-10-5-7-11(8-6-10)18-9-13(2,14-3)12(15)16/h5-8,14H,4,9H2,1-3H3,(H,15,16). The lowest BCUT2D eigenvalue weighted by molar-refractivity contribution is -0.145. The highest BCUT2D eigenvalue weighted by atomic mass is 16.5. The summed E-state index contributed by atoms with van der Waals surface area (Å²) in [5.74, 6) is 0.427. The Kier molecular flexibility index (Phi) is 4.97. The average molecular weight is 253 g/mol. The molecule has 0 aliphatic carbocycles. The molecule has 2 N–H and O–H groups in total. The van der Waals surface area contributed by atoms with Crippen molar-refractivity contribution in [3.05, 3.63) is 24.3 Å². The number of hydrogen-bond acceptors (Lipinski definition) is 4. The molecule has 1 aromatic rings. The first kappa shape index (κ1) is 14.3. The fourth-order valence-corrected chi connectivity index (χ4v) is 1.27. The summed E-state index contributed by atoms with van der Waals surface area (Å²) in [5, 5.41) is 11.8. The number of likely N-dealkylation sites (N-methyl/N-ethyl adjacent to an activating group) is 1. The molecule has 0 bridgehead atoms. The molecular formula is C13H19NO4. The van der Waals surface area contributed by atoms with Crippen LogP contribution in [0.15, 0.2) is 24.3 Å². The van der Waals surface area contributed by atoms with Crippen molar-refractivity contribution >= 4 is 5.97 Å². The molecule has 100 valence electrons. The zero-order valence-corrected chi connectivity index (χ0v) is 10.9. The van der Waals surface area contributed by atoms with Crippen LogP contribution in [0.5, 0.6) is 11.5 Å². The Balaban J connectivity index is 2.60. The van der Waals surface area contributed by atoms with E-state index in [0.717, 1.165) is 5.75 Å². The molecular weight excluding hydrogens is 234 g/mol. The highest BCUT2D eigenvalue weighted by Crippen LogP contribution is 2.18. The summed E-state index contributed by atoms with van der Waals surface area (Å²) in [6, 6.07) is 7.08. The van der Waals surface area contributed by atoms with E-state index in [-0.39, 0.29) is 6.61 Å². The largest absolute Gasteiger partial charge is 0.494 e. The van der Waals surface area contributed by atoms with Crippen molar-refractivity contribution < 1.29 is 19.4 Å². The molecule has 0 fully saturated rings. The Morgan fingerprint density at radius 3 is 2.17 bits per heavy atom. The van der Waals surface area contributed by atoms with Crippen molar-refractivity contribution in [2.24, 2.45) is 0 Å². The minimum Gasteiger partial charge on any atom is -0.494 e. The van der Waals surface area contributed by atoms with Gasteiger partial charge < -0.3 is 19.9 Å². The molecule has 0 heterocycles. The molecule has 18 heavy (non-hydrogen) atoms. The van der Waals surface area contributed by atoms with Crippen LogP contribution in [0, 0.1) is 0 Å². The topological polar surface area (TPSA) is 67.8 Å². The van der Waals surface area contributed by atoms with Crippen molar-refractivity contribution in [3.63, 3.8) is 0 Å². The number of carbonyl (C=O) groups is 1. The molecule has 5 heteroatoms. The number of nitrogens with one attached hydrogen (secondary N) is 1. The van der Waals surface area contributed by atoms with E-state index in [1.807, 2.05) is 6.92 Å². The summed E-state index contributed by atoms with van der Waals surface area (Å²) in [7, 11) is 1.59. The van der Waals surface area contributed by atoms with E-state index in [0.29, 0.717) is 12.4 Å². The molecule has 5 nitrogen and oxygen atoms in total. The normalized spacial score (nSPS) is 13.7. The molecule has 0 aliphatic rings. The van der Waals surface area contributed by atoms with Crippen LogP contribution in [0.4, 0.5) is 0 Å². The monoisotopic (exact) mass is 253 g/mol. The molecule has 1 unspecified atom stereocenters. The van der Waals surface area contributed by atoms with Crippen molar-refractivity contribution in [1.82, 2.24) is 5.32 Å². The van der Waals surface area contributed by atoms with Crippen molar-refractivity contribution in [2.75, 3.05) is 20.3 Å². The molecule has 0 saturated heterocycles. The van der Waals surface area contributed by atoms with Gasteiger partial charge in [-0.2, -0.15) is 0 Å².